The molecule has 96 valence electrons. The number of nitriles is 1. The molecule has 0 fully saturated rings. The fraction of sp³-hybridized carbons (Fsp3) is 0.0588. The highest BCUT2D eigenvalue weighted by atomic mass is 16.3. The van der Waals surface area contributed by atoms with Crippen molar-refractivity contribution in [3.05, 3.63) is 77.6 Å². The number of hydrogen-bond acceptors (Lipinski definition) is 3. The van der Waals surface area contributed by atoms with E-state index < -0.39 is 6.10 Å². The highest BCUT2D eigenvalue weighted by Crippen LogP contribution is 2.28. The number of nitrogens with zero attached hydrogens (tertiary/aromatic N) is 2. The lowest BCUT2D eigenvalue weighted by Gasteiger charge is -2.14. The zero-order valence-corrected chi connectivity index (χ0v) is 10.7. The van der Waals surface area contributed by atoms with Gasteiger partial charge in [-0.25, -0.2) is 0 Å². The number of benzene rings is 2. The van der Waals surface area contributed by atoms with Gasteiger partial charge in [0.15, 0.2) is 0 Å². The van der Waals surface area contributed by atoms with E-state index in [0.29, 0.717) is 11.1 Å². The van der Waals surface area contributed by atoms with Crippen molar-refractivity contribution in [3.63, 3.8) is 0 Å². The van der Waals surface area contributed by atoms with Crippen LogP contribution in [0.2, 0.25) is 0 Å². The van der Waals surface area contributed by atoms with Crippen molar-refractivity contribution >= 4 is 10.8 Å². The van der Waals surface area contributed by atoms with E-state index in [0.717, 1.165) is 16.3 Å². The second kappa shape index (κ2) is 5.12. The molecule has 0 aliphatic carbocycles. The second-order valence-electron chi connectivity index (χ2n) is 4.58. The molecule has 0 radical (unpaired) electrons. The third-order valence-electron chi connectivity index (χ3n) is 3.34. The van der Waals surface area contributed by atoms with Crippen LogP contribution in [0, 0.1) is 11.3 Å². The minimum Gasteiger partial charge on any atom is -0.384 e. The summed E-state index contributed by atoms with van der Waals surface area (Å²) in [5.41, 5.74) is 2.08. The van der Waals surface area contributed by atoms with Crippen molar-refractivity contribution in [1.29, 1.82) is 5.26 Å². The van der Waals surface area contributed by atoms with Crippen LogP contribution in [0.1, 0.15) is 22.8 Å². The van der Waals surface area contributed by atoms with Gasteiger partial charge in [-0.15, -0.1) is 0 Å². The van der Waals surface area contributed by atoms with Crippen LogP contribution in [-0.2, 0) is 0 Å². The Kier molecular flexibility index (Phi) is 3.16. The molecule has 0 aliphatic heterocycles. The van der Waals surface area contributed by atoms with Gasteiger partial charge in [0.05, 0.1) is 11.6 Å². The summed E-state index contributed by atoms with van der Waals surface area (Å²) >= 11 is 0. The highest BCUT2D eigenvalue weighted by molar-refractivity contribution is 5.85. The summed E-state index contributed by atoms with van der Waals surface area (Å²) in [6.45, 7) is 0. The number of fused-ring (bicyclic) bond motifs is 1. The molecule has 0 saturated heterocycles. The number of aliphatic hydroxyl groups excluding tert-OH is 1. The van der Waals surface area contributed by atoms with Crippen LogP contribution in [0.15, 0.2) is 60.9 Å². The van der Waals surface area contributed by atoms with E-state index >= 15 is 0 Å². The summed E-state index contributed by atoms with van der Waals surface area (Å²) in [6.07, 6.45) is 2.73. The molecule has 0 aliphatic rings. The van der Waals surface area contributed by atoms with Crippen LogP contribution in [0.25, 0.3) is 10.8 Å². The fourth-order valence-electron chi connectivity index (χ4n) is 2.34. The molecule has 0 bridgehead atoms. The summed E-state index contributed by atoms with van der Waals surface area (Å²) in [6, 6.07) is 16.8. The maximum Gasteiger partial charge on any atom is 0.105 e. The molecule has 20 heavy (non-hydrogen) atoms. The number of hydrogen-bond donors (Lipinski definition) is 1. The molecular weight excluding hydrogens is 248 g/mol. The summed E-state index contributed by atoms with van der Waals surface area (Å²) in [4.78, 5) is 4.09. The Bertz CT molecular complexity index is 800. The van der Waals surface area contributed by atoms with E-state index in [4.69, 9.17) is 5.26 Å². The first-order valence-electron chi connectivity index (χ1n) is 6.30. The molecule has 3 nitrogen and oxygen atoms in total. The average molecular weight is 260 g/mol. The van der Waals surface area contributed by atoms with Gasteiger partial charge in [-0.3, -0.25) is 4.98 Å². The fourth-order valence-corrected chi connectivity index (χ4v) is 2.34. The topological polar surface area (TPSA) is 56.9 Å². The van der Waals surface area contributed by atoms with Crippen LogP contribution in [0.4, 0.5) is 0 Å². The molecule has 3 aromatic rings. The largest absolute Gasteiger partial charge is 0.384 e. The van der Waals surface area contributed by atoms with Crippen molar-refractivity contribution in [1.82, 2.24) is 4.98 Å². The molecule has 0 saturated carbocycles. The van der Waals surface area contributed by atoms with Crippen molar-refractivity contribution < 1.29 is 5.11 Å². The van der Waals surface area contributed by atoms with Crippen molar-refractivity contribution in [2.75, 3.05) is 0 Å². The molecule has 3 heteroatoms. The van der Waals surface area contributed by atoms with Crippen molar-refractivity contribution in [2.24, 2.45) is 0 Å². The van der Waals surface area contributed by atoms with Crippen molar-refractivity contribution in [2.45, 2.75) is 6.10 Å². The first-order valence-corrected chi connectivity index (χ1v) is 6.30. The van der Waals surface area contributed by atoms with Gasteiger partial charge < -0.3 is 5.11 Å². The third kappa shape index (κ3) is 2.13. The lowest BCUT2D eigenvalue weighted by molar-refractivity contribution is 0.222. The molecule has 1 atom stereocenters. The Morgan fingerprint density at radius 3 is 2.80 bits per heavy atom. The monoisotopic (exact) mass is 260 g/mol. The maximum atomic E-state index is 10.6. The summed E-state index contributed by atoms with van der Waals surface area (Å²) in [5.74, 6) is 0. The average Bonchev–Trinajstić information content (AvgIpc) is 2.53. The molecule has 2 aromatic carbocycles. The van der Waals surface area contributed by atoms with Gasteiger partial charge in [-0.2, -0.15) is 5.26 Å². The normalized spacial score (nSPS) is 12.0. The van der Waals surface area contributed by atoms with Gasteiger partial charge in [0.2, 0.25) is 0 Å². The van der Waals surface area contributed by atoms with E-state index in [1.165, 1.54) is 0 Å². The van der Waals surface area contributed by atoms with E-state index in [1.807, 2.05) is 30.3 Å². The lowest BCUT2D eigenvalue weighted by Crippen LogP contribution is -2.01. The first kappa shape index (κ1) is 12.3. The van der Waals surface area contributed by atoms with E-state index in [2.05, 4.69) is 11.1 Å². The Balaban J connectivity index is 2.13. The number of aromatic nitrogens is 1. The number of pyridine rings is 1. The summed E-state index contributed by atoms with van der Waals surface area (Å²) < 4.78 is 0. The minimum atomic E-state index is -0.755. The zero-order valence-electron chi connectivity index (χ0n) is 10.7. The van der Waals surface area contributed by atoms with Crippen LogP contribution in [0.3, 0.4) is 0 Å². The molecule has 1 N–H and O–H groups in total. The van der Waals surface area contributed by atoms with Crippen LogP contribution < -0.4 is 0 Å². The Hall–Kier alpha value is -2.70. The van der Waals surface area contributed by atoms with Crippen molar-refractivity contribution in [3.8, 4) is 6.07 Å². The maximum absolute atomic E-state index is 10.6. The molecule has 0 spiro atoms. The van der Waals surface area contributed by atoms with E-state index in [9.17, 15) is 5.11 Å². The minimum absolute atomic E-state index is 0.545. The van der Waals surface area contributed by atoms with Gasteiger partial charge in [-0.1, -0.05) is 30.3 Å². The van der Waals surface area contributed by atoms with Gasteiger partial charge in [0.1, 0.15) is 6.10 Å². The van der Waals surface area contributed by atoms with Crippen LogP contribution in [-0.4, -0.2) is 10.1 Å². The van der Waals surface area contributed by atoms with Crippen LogP contribution >= 0.6 is 0 Å². The van der Waals surface area contributed by atoms with E-state index in [-0.39, 0.29) is 0 Å². The number of aliphatic hydroxyl groups is 1. The molecule has 1 aromatic heterocycles. The summed E-state index contributed by atoms with van der Waals surface area (Å²) in [5, 5.41) is 21.5. The first-order chi connectivity index (χ1) is 9.79. The third-order valence-corrected chi connectivity index (χ3v) is 3.34. The Labute approximate surface area is 116 Å². The predicted octanol–water partition coefficient (Wildman–Crippen LogP) is 3.19. The standard InChI is InChI=1S/C17H12N2O/c18-10-12-3-1-4-13(9-12)17(20)16-6-2-5-14-11-19-8-7-15(14)16/h1-9,11,17,20H. The molecule has 1 heterocycles. The number of rotatable bonds is 2. The summed E-state index contributed by atoms with van der Waals surface area (Å²) in [7, 11) is 0. The zero-order chi connectivity index (χ0) is 13.9. The lowest BCUT2D eigenvalue weighted by atomic mass is 9.96. The molecular formula is C17H12N2O. The smallest absolute Gasteiger partial charge is 0.105 e. The second-order valence-corrected chi connectivity index (χ2v) is 4.58. The molecule has 0 amide bonds. The Morgan fingerprint density at radius 2 is 1.95 bits per heavy atom. The quantitative estimate of drug-likeness (QED) is 0.769. The van der Waals surface area contributed by atoms with Gasteiger partial charge in [0, 0.05) is 17.8 Å². The predicted molar refractivity (Wildman–Crippen MR) is 77.0 cm³/mol. The van der Waals surface area contributed by atoms with Gasteiger partial charge in [0.25, 0.3) is 0 Å². The van der Waals surface area contributed by atoms with Gasteiger partial charge >= 0.3 is 0 Å². The van der Waals surface area contributed by atoms with Crippen LogP contribution in [0.5, 0.6) is 0 Å². The van der Waals surface area contributed by atoms with Gasteiger partial charge in [-0.05, 0) is 34.7 Å². The SMILES string of the molecule is N#Cc1cccc(C(O)c2cccc3cnccc23)c1. The molecule has 3 rings (SSSR count). The Morgan fingerprint density at radius 1 is 1.10 bits per heavy atom. The van der Waals surface area contributed by atoms with E-state index in [1.54, 1.807) is 30.6 Å². The highest BCUT2D eigenvalue weighted by Gasteiger charge is 2.13. The molecule has 1 unspecified atom stereocenters.